The van der Waals surface area contributed by atoms with Gasteiger partial charge in [0.15, 0.2) is 0 Å². The van der Waals surface area contributed by atoms with Crippen molar-refractivity contribution in [2.45, 2.75) is 12.3 Å². The average Bonchev–Trinajstić information content (AvgIpc) is 2.15. The van der Waals surface area contributed by atoms with Crippen molar-refractivity contribution in [1.82, 2.24) is 4.98 Å². The maximum absolute atomic E-state index is 10.5. The van der Waals surface area contributed by atoms with Crippen LogP contribution in [0.15, 0.2) is 24.5 Å². The van der Waals surface area contributed by atoms with Crippen LogP contribution >= 0.6 is 0 Å². The Labute approximate surface area is 76.4 Å². The Hall–Kier alpha value is -1.42. The van der Waals surface area contributed by atoms with Crippen molar-refractivity contribution < 1.29 is 9.90 Å². The van der Waals surface area contributed by atoms with E-state index in [4.69, 9.17) is 10.8 Å². The molecule has 4 heteroatoms. The monoisotopic (exact) mass is 180 g/mol. The molecule has 0 bridgehead atoms. The fraction of sp³-hybridized carbons (Fsp3) is 0.333. The van der Waals surface area contributed by atoms with E-state index >= 15 is 0 Å². The number of rotatable bonds is 4. The van der Waals surface area contributed by atoms with Gasteiger partial charge in [0, 0.05) is 18.3 Å². The molecule has 1 aromatic heterocycles. The first kappa shape index (κ1) is 9.67. The summed E-state index contributed by atoms with van der Waals surface area (Å²) in [4.78, 5) is 14.3. The van der Waals surface area contributed by atoms with E-state index in [0.29, 0.717) is 6.54 Å². The van der Waals surface area contributed by atoms with Crippen LogP contribution in [0, 0.1) is 0 Å². The molecular formula is C9H12N2O2. The number of pyridine rings is 1. The Balaban J connectivity index is 2.73. The van der Waals surface area contributed by atoms with Crippen LogP contribution in [0.5, 0.6) is 0 Å². The first-order chi connectivity index (χ1) is 6.24. The van der Waals surface area contributed by atoms with Crippen LogP contribution in [0.2, 0.25) is 0 Å². The maximum atomic E-state index is 10.5. The van der Waals surface area contributed by atoms with Crippen molar-refractivity contribution in [1.29, 1.82) is 0 Å². The zero-order valence-electron chi connectivity index (χ0n) is 7.18. The quantitative estimate of drug-likeness (QED) is 0.711. The van der Waals surface area contributed by atoms with Gasteiger partial charge in [-0.25, -0.2) is 0 Å². The number of nitrogens with two attached hydrogens (primary N) is 1. The average molecular weight is 180 g/mol. The predicted molar refractivity (Wildman–Crippen MR) is 48.3 cm³/mol. The number of aromatic nitrogens is 1. The molecule has 1 heterocycles. The summed E-state index contributed by atoms with van der Waals surface area (Å²) in [7, 11) is 0. The third-order valence-corrected chi connectivity index (χ3v) is 1.88. The lowest BCUT2D eigenvalue weighted by Gasteiger charge is -2.11. The van der Waals surface area contributed by atoms with Crippen molar-refractivity contribution >= 4 is 5.97 Å². The zero-order chi connectivity index (χ0) is 9.68. The molecule has 1 atom stereocenters. The molecule has 0 amide bonds. The van der Waals surface area contributed by atoms with Gasteiger partial charge in [-0.2, -0.15) is 0 Å². The molecule has 13 heavy (non-hydrogen) atoms. The molecular weight excluding hydrogens is 168 g/mol. The zero-order valence-corrected chi connectivity index (χ0v) is 7.18. The molecule has 1 rings (SSSR count). The minimum atomic E-state index is -0.827. The largest absolute Gasteiger partial charge is 0.481 e. The van der Waals surface area contributed by atoms with Gasteiger partial charge in [-0.15, -0.1) is 0 Å². The number of carboxylic acid groups (broad SMARTS) is 1. The van der Waals surface area contributed by atoms with Crippen LogP contribution in [0.3, 0.4) is 0 Å². The highest BCUT2D eigenvalue weighted by Crippen LogP contribution is 2.16. The van der Waals surface area contributed by atoms with E-state index in [9.17, 15) is 4.79 Å². The van der Waals surface area contributed by atoms with Crippen LogP contribution in [-0.4, -0.2) is 22.6 Å². The van der Waals surface area contributed by atoms with E-state index in [0.717, 1.165) is 5.56 Å². The van der Waals surface area contributed by atoms with Gasteiger partial charge in [-0.3, -0.25) is 9.78 Å². The molecule has 1 unspecified atom stereocenters. The fourth-order valence-electron chi connectivity index (χ4n) is 1.18. The molecule has 0 aliphatic carbocycles. The molecule has 0 aromatic carbocycles. The predicted octanol–water partition coefficient (Wildman–Crippen LogP) is 0.599. The summed E-state index contributed by atoms with van der Waals surface area (Å²) in [6, 6.07) is 3.58. The summed E-state index contributed by atoms with van der Waals surface area (Å²) in [6.45, 7) is 0.344. The molecule has 0 fully saturated rings. The number of carbonyl (C=O) groups is 1. The molecule has 0 aliphatic rings. The summed E-state index contributed by atoms with van der Waals surface area (Å²) >= 11 is 0. The third kappa shape index (κ3) is 2.83. The van der Waals surface area contributed by atoms with Gasteiger partial charge in [-0.05, 0) is 24.2 Å². The summed E-state index contributed by atoms with van der Waals surface area (Å²) in [5, 5.41) is 8.61. The molecule has 0 aliphatic heterocycles. The van der Waals surface area contributed by atoms with Gasteiger partial charge in [0.25, 0.3) is 0 Å². The van der Waals surface area contributed by atoms with Crippen molar-refractivity contribution in [2.75, 3.05) is 6.54 Å². The second-order valence-electron chi connectivity index (χ2n) is 2.81. The van der Waals surface area contributed by atoms with Gasteiger partial charge in [0.2, 0.25) is 0 Å². The van der Waals surface area contributed by atoms with E-state index in [1.807, 2.05) is 0 Å². The Bertz CT molecular complexity index is 274. The Morgan fingerprint density at radius 3 is 2.62 bits per heavy atom. The number of carboxylic acids is 1. The first-order valence-electron chi connectivity index (χ1n) is 4.06. The van der Waals surface area contributed by atoms with E-state index in [1.54, 1.807) is 24.5 Å². The molecule has 0 saturated carbocycles. The highest BCUT2D eigenvalue weighted by molar-refractivity contribution is 5.68. The smallest absolute Gasteiger partial charge is 0.304 e. The topological polar surface area (TPSA) is 76.2 Å². The molecule has 4 nitrogen and oxygen atoms in total. The third-order valence-electron chi connectivity index (χ3n) is 1.88. The van der Waals surface area contributed by atoms with Gasteiger partial charge in [0.05, 0.1) is 6.42 Å². The highest BCUT2D eigenvalue weighted by atomic mass is 16.4. The summed E-state index contributed by atoms with van der Waals surface area (Å²) in [6.07, 6.45) is 3.35. The van der Waals surface area contributed by atoms with Crippen molar-refractivity contribution in [2.24, 2.45) is 5.73 Å². The number of nitrogens with zero attached hydrogens (tertiary/aromatic N) is 1. The molecule has 0 saturated heterocycles. The first-order valence-corrected chi connectivity index (χ1v) is 4.06. The van der Waals surface area contributed by atoms with Gasteiger partial charge < -0.3 is 10.8 Å². The van der Waals surface area contributed by atoms with Crippen LogP contribution < -0.4 is 5.73 Å². The lowest BCUT2D eigenvalue weighted by atomic mass is 9.97. The highest BCUT2D eigenvalue weighted by Gasteiger charge is 2.12. The molecule has 3 N–H and O–H groups in total. The normalized spacial score (nSPS) is 12.4. The number of hydrogen-bond donors (Lipinski definition) is 2. The van der Waals surface area contributed by atoms with Crippen LogP contribution in [0.25, 0.3) is 0 Å². The lowest BCUT2D eigenvalue weighted by molar-refractivity contribution is -0.137. The van der Waals surface area contributed by atoms with Crippen molar-refractivity contribution in [3.63, 3.8) is 0 Å². The lowest BCUT2D eigenvalue weighted by Crippen LogP contribution is -2.16. The van der Waals surface area contributed by atoms with Gasteiger partial charge in [0.1, 0.15) is 0 Å². The van der Waals surface area contributed by atoms with E-state index in [-0.39, 0.29) is 12.3 Å². The fourth-order valence-corrected chi connectivity index (χ4v) is 1.18. The van der Waals surface area contributed by atoms with E-state index in [1.165, 1.54) is 0 Å². The maximum Gasteiger partial charge on any atom is 0.304 e. The molecule has 1 aromatic rings. The molecule has 70 valence electrons. The minimum Gasteiger partial charge on any atom is -0.481 e. The minimum absolute atomic E-state index is 0.0700. The van der Waals surface area contributed by atoms with Crippen LogP contribution in [0.1, 0.15) is 17.9 Å². The van der Waals surface area contributed by atoms with Crippen molar-refractivity contribution in [3.8, 4) is 0 Å². The number of hydrogen-bond acceptors (Lipinski definition) is 3. The standard InChI is InChI=1S/C9H12N2O2/c10-6-8(5-9(12)13)7-1-3-11-4-2-7/h1-4,8H,5-6,10H2,(H,12,13). The van der Waals surface area contributed by atoms with Crippen LogP contribution in [0.4, 0.5) is 0 Å². The Morgan fingerprint density at radius 2 is 2.15 bits per heavy atom. The molecule has 0 spiro atoms. The van der Waals surface area contributed by atoms with E-state index in [2.05, 4.69) is 4.98 Å². The molecule has 0 radical (unpaired) electrons. The van der Waals surface area contributed by atoms with E-state index < -0.39 is 5.97 Å². The van der Waals surface area contributed by atoms with Crippen molar-refractivity contribution in [3.05, 3.63) is 30.1 Å². The van der Waals surface area contributed by atoms with Gasteiger partial charge in [-0.1, -0.05) is 0 Å². The second-order valence-corrected chi connectivity index (χ2v) is 2.81. The van der Waals surface area contributed by atoms with Gasteiger partial charge >= 0.3 is 5.97 Å². The summed E-state index contributed by atoms with van der Waals surface area (Å²) in [5.74, 6) is -0.937. The number of aliphatic carboxylic acids is 1. The second kappa shape index (κ2) is 4.57. The SMILES string of the molecule is NCC(CC(=O)O)c1ccncc1. The summed E-state index contributed by atoms with van der Waals surface area (Å²) < 4.78 is 0. The Morgan fingerprint density at radius 1 is 1.54 bits per heavy atom. The van der Waals surface area contributed by atoms with Crippen LogP contribution in [-0.2, 0) is 4.79 Å². The summed E-state index contributed by atoms with van der Waals surface area (Å²) in [5.41, 5.74) is 6.40. The Kier molecular flexibility index (Phi) is 3.40.